The molecule has 0 radical (unpaired) electrons. The van der Waals surface area contributed by atoms with Crippen molar-refractivity contribution in [2.24, 2.45) is 5.92 Å². The van der Waals surface area contributed by atoms with Crippen LogP contribution in [0.4, 0.5) is 0 Å². The highest BCUT2D eigenvalue weighted by Crippen LogP contribution is 2.15. The van der Waals surface area contributed by atoms with Crippen molar-refractivity contribution in [1.29, 1.82) is 0 Å². The second kappa shape index (κ2) is 11.2. The van der Waals surface area contributed by atoms with Crippen LogP contribution in [-0.2, 0) is 13.0 Å². The number of carbonyl (C=O) groups excluding carboxylic acids is 1. The van der Waals surface area contributed by atoms with Crippen molar-refractivity contribution in [2.75, 3.05) is 19.6 Å². The van der Waals surface area contributed by atoms with E-state index in [4.69, 9.17) is 0 Å². The first kappa shape index (κ1) is 24.1. The Morgan fingerprint density at radius 2 is 1.96 bits per heavy atom. The average molecular weight is 427 g/mol. The summed E-state index contributed by atoms with van der Waals surface area (Å²) < 4.78 is 1.58. The van der Waals surface area contributed by atoms with Gasteiger partial charge in [0.2, 0.25) is 0 Å². The molecule has 2 N–H and O–H groups in total. The van der Waals surface area contributed by atoms with E-state index in [9.17, 15) is 9.59 Å². The summed E-state index contributed by atoms with van der Waals surface area (Å²) >= 11 is 0. The highest BCUT2D eigenvalue weighted by Gasteiger charge is 2.15. The number of carbonyl (C=O) groups is 1. The second-order valence-corrected chi connectivity index (χ2v) is 6.99. The van der Waals surface area contributed by atoms with E-state index in [2.05, 4.69) is 15.6 Å². The molecule has 1 saturated heterocycles. The summed E-state index contributed by atoms with van der Waals surface area (Å²) in [6, 6.07) is 9.68. The van der Waals surface area contributed by atoms with Crippen molar-refractivity contribution >= 4 is 30.7 Å². The molecule has 0 spiro atoms. The minimum atomic E-state index is -0.275. The highest BCUT2D eigenvalue weighted by atomic mass is 35.5. The molecule has 8 heteroatoms. The Hall–Kier alpha value is -1.89. The van der Waals surface area contributed by atoms with E-state index in [0.29, 0.717) is 30.3 Å². The molecule has 1 aliphatic rings. The molecule has 2 heterocycles. The summed E-state index contributed by atoms with van der Waals surface area (Å²) in [7, 11) is 0. The summed E-state index contributed by atoms with van der Waals surface area (Å²) in [6.07, 6.45) is 2.27. The van der Waals surface area contributed by atoms with Crippen LogP contribution < -0.4 is 16.3 Å². The lowest BCUT2D eigenvalue weighted by atomic mass is 9.98. The molecule has 2 aromatic rings. The van der Waals surface area contributed by atoms with E-state index in [-0.39, 0.29) is 36.4 Å². The molecule has 28 heavy (non-hydrogen) atoms. The fraction of sp³-hybridized carbons (Fsp3) is 0.450. The van der Waals surface area contributed by atoms with E-state index >= 15 is 0 Å². The van der Waals surface area contributed by atoms with Crippen LogP contribution in [0.5, 0.6) is 0 Å². The number of amides is 1. The summed E-state index contributed by atoms with van der Waals surface area (Å²) in [5.41, 5.74) is 3.19. The minimum Gasteiger partial charge on any atom is -0.350 e. The monoisotopic (exact) mass is 426 g/mol. The number of rotatable bonds is 6. The van der Waals surface area contributed by atoms with Gasteiger partial charge in [0.05, 0.1) is 0 Å². The Balaban J connectivity index is 0.00000196. The van der Waals surface area contributed by atoms with Gasteiger partial charge in [-0.25, -0.2) is 4.79 Å². The summed E-state index contributed by atoms with van der Waals surface area (Å²) in [4.78, 5) is 28.1. The van der Waals surface area contributed by atoms with Gasteiger partial charge in [-0.1, -0.05) is 12.1 Å². The van der Waals surface area contributed by atoms with Gasteiger partial charge in [-0.2, -0.15) is 4.98 Å². The van der Waals surface area contributed by atoms with Crippen LogP contribution in [-0.4, -0.2) is 35.1 Å². The molecule has 1 atom stereocenters. The number of benzene rings is 1. The van der Waals surface area contributed by atoms with Gasteiger partial charge in [0.1, 0.15) is 0 Å². The van der Waals surface area contributed by atoms with Crippen LogP contribution in [0, 0.1) is 19.8 Å². The molecule has 154 valence electrons. The maximum Gasteiger partial charge on any atom is 0.348 e. The van der Waals surface area contributed by atoms with E-state index < -0.39 is 0 Å². The third-order valence-electron chi connectivity index (χ3n) is 4.87. The zero-order valence-electron chi connectivity index (χ0n) is 16.2. The van der Waals surface area contributed by atoms with Crippen molar-refractivity contribution in [3.63, 3.8) is 0 Å². The second-order valence-electron chi connectivity index (χ2n) is 6.99. The first-order valence-corrected chi connectivity index (χ1v) is 9.16. The Kier molecular flexibility index (Phi) is 9.65. The molecule has 6 nitrogen and oxygen atoms in total. The molecule has 1 aromatic heterocycles. The normalized spacial score (nSPS) is 15.4. The maximum absolute atomic E-state index is 12.3. The molecule has 1 amide bonds. The maximum atomic E-state index is 12.3. The summed E-state index contributed by atoms with van der Waals surface area (Å²) in [5, 5.41) is 6.25. The fourth-order valence-electron chi connectivity index (χ4n) is 3.44. The molecule has 1 aliphatic heterocycles. The van der Waals surface area contributed by atoms with E-state index in [1.165, 1.54) is 12.0 Å². The number of aryl methyl sites for hydroxylation is 2. The lowest BCUT2D eigenvalue weighted by Gasteiger charge is -2.11. The van der Waals surface area contributed by atoms with Crippen molar-refractivity contribution < 1.29 is 4.79 Å². The highest BCUT2D eigenvalue weighted by molar-refractivity contribution is 5.94. The van der Waals surface area contributed by atoms with Crippen LogP contribution >= 0.6 is 24.8 Å². The van der Waals surface area contributed by atoms with E-state index in [1.807, 2.05) is 37.3 Å². The SMILES string of the molecule is Cc1cc(C)n(CCNC(=O)c2ccc(CC3CCNC3)cc2)c(=O)n1.Cl.Cl. The topological polar surface area (TPSA) is 76.0 Å². The van der Waals surface area contributed by atoms with Crippen LogP contribution in [0.2, 0.25) is 0 Å². The average Bonchev–Trinajstić information content (AvgIpc) is 3.10. The fourth-order valence-corrected chi connectivity index (χ4v) is 3.44. The number of aromatic nitrogens is 2. The molecular formula is C20H28Cl2N4O2. The predicted octanol–water partition coefficient (Wildman–Crippen LogP) is 2.29. The summed E-state index contributed by atoms with van der Waals surface area (Å²) in [5.74, 6) is 0.573. The molecule has 3 rings (SSSR count). The minimum absolute atomic E-state index is 0. The number of hydrogen-bond donors (Lipinski definition) is 2. The van der Waals surface area contributed by atoms with Crippen LogP contribution in [0.3, 0.4) is 0 Å². The molecule has 1 fully saturated rings. The van der Waals surface area contributed by atoms with Gasteiger partial charge in [-0.15, -0.1) is 24.8 Å². The van der Waals surface area contributed by atoms with Crippen LogP contribution in [0.1, 0.15) is 33.7 Å². The predicted molar refractivity (Wildman–Crippen MR) is 116 cm³/mol. The number of hydrogen-bond acceptors (Lipinski definition) is 4. The molecule has 0 bridgehead atoms. The first-order chi connectivity index (χ1) is 12.5. The Labute approximate surface area is 178 Å². The van der Waals surface area contributed by atoms with Gasteiger partial charge in [0, 0.05) is 30.0 Å². The van der Waals surface area contributed by atoms with Gasteiger partial charge >= 0.3 is 5.69 Å². The number of nitrogens with zero attached hydrogens (tertiary/aromatic N) is 2. The lowest BCUT2D eigenvalue weighted by Crippen LogP contribution is -2.33. The van der Waals surface area contributed by atoms with Gasteiger partial charge in [0.25, 0.3) is 5.91 Å². The number of halogens is 2. The number of nitrogens with one attached hydrogen (secondary N) is 2. The van der Waals surface area contributed by atoms with Gasteiger partial charge in [0.15, 0.2) is 0 Å². The van der Waals surface area contributed by atoms with Crippen LogP contribution in [0.15, 0.2) is 35.1 Å². The zero-order chi connectivity index (χ0) is 18.5. The Morgan fingerprint density at radius 3 is 2.57 bits per heavy atom. The van der Waals surface area contributed by atoms with Crippen molar-refractivity contribution in [3.05, 3.63) is 63.3 Å². The van der Waals surface area contributed by atoms with Gasteiger partial charge < -0.3 is 10.6 Å². The van der Waals surface area contributed by atoms with Gasteiger partial charge in [-0.05, 0) is 69.5 Å². The standard InChI is InChI=1S/C20H26N4O2.2ClH/c1-14-11-15(2)24(20(26)23-14)10-9-22-19(25)18-5-3-16(4-6-18)12-17-7-8-21-13-17;;/h3-6,11,17,21H,7-10,12-13H2,1-2H3,(H,22,25);2*1H. The first-order valence-electron chi connectivity index (χ1n) is 9.16. The smallest absolute Gasteiger partial charge is 0.348 e. The Morgan fingerprint density at radius 1 is 1.25 bits per heavy atom. The molecule has 1 aromatic carbocycles. The largest absolute Gasteiger partial charge is 0.350 e. The van der Waals surface area contributed by atoms with Gasteiger partial charge in [-0.3, -0.25) is 9.36 Å². The van der Waals surface area contributed by atoms with Crippen molar-refractivity contribution in [2.45, 2.75) is 33.2 Å². The molecule has 1 unspecified atom stereocenters. The Bertz CT molecular complexity index is 831. The van der Waals surface area contributed by atoms with Crippen molar-refractivity contribution in [1.82, 2.24) is 20.2 Å². The van der Waals surface area contributed by atoms with Crippen molar-refractivity contribution in [3.8, 4) is 0 Å². The lowest BCUT2D eigenvalue weighted by molar-refractivity contribution is 0.0952. The van der Waals surface area contributed by atoms with Crippen LogP contribution in [0.25, 0.3) is 0 Å². The van der Waals surface area contributed by atoms with E-state index in [1.54, 1.807) is 11.5 Å². The third-order valence-corrected chi connectivity index (χ3v) is 4.87. The quantitative estimate of drug-likeness (QED) is 0.742. The zero-order valence-corrected chi connectivity index (χ0v) is 17.9. The third kappa shape index (κ3) is 6.33. The summed E-state index contributed by atoms with van der Waals surface area (Å²) in [6.45, 7) is 6.65. The molecule has 0 saturated carbocycles. The molecular weight excluding hydrogens is 399 g/mol. The molecule has 0 aliphatic carbocycles. The van der Waals surface area contributed by atoms with E-state index in [0.717, 1.165) is 25.2 Å².